The van der Waals surface area contributed by atoms with Crippen molar-refractivity contribution in [2.45, 2.75) is 11.9 Å². The van der Waals surface area contributed by atoms with Gasteiger partial charge < -0.3 is 19.9 Å². The third-order valence-electron chi connectivity index (χ3n) is 3.25. The first-order valence-electron chi connectivity index (χ1n) is 5.68. The quantitative estimate of drug-likeness (QED) is 0.356. The summed E-state index contributed by atoms with van der Waals surface area (Å²) in [5.41, 5.74) is -0.322. The van der Waals surface area contributed by atoms with Crippen LogP contribution in [0.15, 0.2) is 16.9 Å². The molecule has 0 aliphatic carbocycles. The Kier molecular flexibility index (Phi) is 2.75. The minimum atomic E-state index is -0.322. The first-order chi connectivity index (χ1) is 7.83. The molecule has 5 nitrogen and oxygen atoms in total. The van der Waals surface area contributed by atoms with Crippen LogP contribution in [-0.2, 0) is 4.74 Å². The van der Waals surface area contributed by atoms with E-state index in [9.17, 15) is 0 Å². The lowest BCUT2D eigenvalue weighted by Crippen LogP contribution is -3.16. The molecule has 2 unspecified atom stereocenters. The van der Waals surface area contributed by atoms with Crippen LogP contribution in [0.5, 0.6) is 0 Å². The number of hydrogen-bond donors (Lipinski definition) is 2. The molecule has 0 spiro atoms. The monoisotopic (exact) mass is 243 g/mol. The SMILES string of the molecule is ClC1N=CC=C(N2CC[NH+](C3CO3)CC2)N1. The molecule has 0 aromatic rings. The van der Waals surface area contributed by atoms with Gasteiger partial charge in [0.25, 0.3) is 0 Å². The highest BCUT2D eigenvalue weighted by Gasteiger charge is 2.37. The van der Waals surface area contributed by atoms with Gasteiger partial charge >= 0.3 is 0 Å². The molecule has 3 heterocycles. The van der Waals surface area contributed by atoms with E-state index in [1.165, 1.54) is 0 Å². The standard InChI is InChI=1S/C10H15ClN4O/c11-10-12-2-1-8(13-10)14-3-5-15(6-4-14)9-7-16-9/h1-2,9-10,13H,3-7H2/p+1. The van der Waals surface area contributed by atoms with Gasteiger partial charge in [-0.1, -0.05) is 11.6 Å². The maximum atomic E-state index is 5.92. The Morgan fingerprint density at radius 3 is 2.88 bits per heavy atom. The van der Waals surface area contributed by atoms with Gasteiger partial charge in [0.1, 0.15) is 12.4 Å². The highest BCUT2D eigenvalue weighted by Crippen LogP contribution is 2.09. The Bertz CT molecular complexity index is 321. The van der Waals surface area contributed by atoms with E-state index in [-0.39, 0.29) is 5.62 Å². The maximum absolute atomic E-state index is 5.92. The summed E-state index contributed by atoms with van der Waals surface area (Å²) in [5, 5.41) is 3.16. The van der Waals surface area contributed by atoms with Crippen LogP contribution in [0.25, 0.3) is 0 Å². The fourth-order valence-corrected chi connectivity index (χ4v) is 2.41. The van der Waals surface area contributed by atoms with Gasteiger partial charge in [0.2, 0.25) is 6.23 Å². The fraction of sp³-hybridized carbons (Fsp3) is 0.700. The summed E-state index contributed by atoms with van der Waals surface area (Å²) in [6.07, 6.45) is 4.22. The van der Waals surface area contributed by atoms with Crippen molar-refractivity contribution in [1.82, 2.24) is 10.2 Å². The van der Waals surface area contributed by atoms with Crippen molar-refractivity contribution in [3.05, 3.63) is 11.9 Å². The molecule has 3 aliphatic heterocycles. The molecule has 0 radical (unpaired) electrons. The Hall–Kier alpha value is -0.780. The Morgan fingerprint density at radius 2 is 2.25 bits per heavy atom. The van der Waals surface area contributed by atoms with Crippen LogP contribution in [0.1, 0.15) is 0 Å². The molecule has 0 bridgehead atoms. The highest BCUT2D eigenvalue weighted by atomic mass is 35.5. The number of nitrogens with zero attached hydrogens (tertiary/aromatic N) is 2. The normalized spacial score (nSPS) is 34.6. The van der Waals surface area contributed by atoms with E-state index in [4.69, 9.17) is 16.3 Å². The molecule has 2 fully saturated rings. The van der Waals surface area contributed by atoms with Crippen molar-refractivity contribution in [3.8, 4) is 0 Å². The van der Waals surface area contributed by atoms with Crippen molar-refractivity contribution < 1.29 is 9.64 Å². The number of piperazine rings is 1. The summed E-state index contributed by atoms with van der Waals surface area (Å²) < 4.78 is 5.32. The molecular formula is C10H16ClN4O+. The second-order valence-electron chi connectivity index (χ2n) is 4.30. The third kappa shape index (κ3) is 2.16. The molecule has 0 amide bonds. The minimum Gasteiger partial charge on any atom is -0.347 e. The summed E-state index contributed by atoms with van der Waals surface area (Å²) in [6, 6.07) is 0. The van der Waals surface area contributed by atoms with Crippen molar-refractivity contribution in [2.24, 2.45) is 4.99 Å². The number of nitrogens with one attached hydrogen (secondary N) is 2. The van der Waals surface area contributed by atoms with E-state index < -0.39 is 0 Å². The van der Waals surface area contributed by atoms with Gasteiger partial charge in [-0.15, -0.1) is 0 Å². The van der Waals surface area contributed by atoms with Crippen LogP contribution in [0, 0.1) is 0 Å². The molecular weight excluding hydrogens is 228 g/mol. The molecule has 0 aromatic heterocycles. The largest absolute Gasteiger partial charge is 0.347 e. The van der Waals surface area contributed by atoms with E-state index in [2.05, 4.69) is 15.2 Å². The summed E-state index contributed by atoms with van der Waals surface area (Å²) in [7, 11) is 0. The Morgan fingerprint density at radius 1 is 1.50 bits per heavy atom. The van der Waals surface area contributed by atoms with Crippen LogP contribution in [0.2, 0.25) is 0 Å². The number of halogens is 1. The van der Waals surface area contributed by atoms with E-state index in [0.29, 0.717) is 6.23 Å². The molecule has 6 heteroatoms. The third-order valence-corrected chi connectivity index (χ3v) is 3.47. The zero-order chi connectivity index (χ0) is 11.0. The zero-order valence-electron chi connectivity index (χ0n) is 9.03. The zero-order valence-corrected chi connectivity index (χ0v) is 9.78. The van der Waals surface area contributed by atoms with Gasteiger partial charge in [-0.3, -0.25) is 4.99 Å². The molecule has 88 valence electrons. The molecule has 2 N–H and O–H groups in total. The van der Waals surface area contributed by atoms with Gasteiger partial charge in [-0.05, 0) is 6.08 Å². The van der Waals surface area contributed by atoms with Crippen LogP contribution >= 0.6 is 11.6 Å². The lowest BCUT2D eigenvalue weighted by atomic mass is 10.3. The Labute approximate surface area is 99.7 Å². The minimum absolute atomic E-state index is 0.322. The number of quaternary nitrogens is 1. The molecule has 3 rings (SSSR count). The average molecular weight is 244 g/mol. The van der Waals surface area contributed by atoms with E-state index in [1.54, 1.807) is 11.1 Å². The second kappa shape index (κ2) is 4.24. The lowest BCUT2D eigenvalue weighted by Gasteiger charge is -2.35. The van der Waals surface area contributed by atoms with E-state index in [1.807, 2.05) is 6.08 Å². The van der Waals surface area contributed by atoms with Gasteiger partial charge in [0, 0.05) is 6.21 Å². The van der Waals surface area contributed by atoms with Gasteiger partial charge in [-0.2, -0.15) is 0 Å². The molecule has 16 heavy (non-hydrogen) atoms. The fourth-order valence-electron chi connectivity index (χ4n) is 2.23. The van der Waals surface area contributed by atoms with Crippen LogP contribution in [0.3, 0.4) is 0 Å². The molecule has 2 atom stereocenters. The number of ether oxygens (including phenoxy) is 1. The first kappa shape index (κ1) is 10.4. The number of aliphatic imine (C=N–C) groups is 1. The number of rotatable bonds is 2. The summed E-state index contributed by atoms with van der Waals surface area (Å²) in [5.74, 6) is 1.09. The average Bonchev–Trinajstić information content (AvgIpc) is 3.13. The summed E-state index contributed by atoms with van der Waals surface area (Å²) in [4.78, 5) is 7.93. The molecule has 0 aromatic carbocycles. The van der Waals surface area contributed by atoms with Gasteiger partial charge in [0.15, 0.2) is 5.62 Å². The predicted octanol–water partition coefficient (Wildman–Crippen LogP) is -1.42. The Balaban J connectivity index is 1.56. The van der Waals surface area contributed by atoms with Crippen LogP contribution in [-0.4, -0.2) is 55.8 Å². The maximum Gasteiger partial charge on any atom is 0.216 e. The lowest BCUT2D eigenvalue weighted by molar-refractivity contribution is -0.924. The van der Waals surface area contributed by atoms with Gasteiger partial charge in [0.05, 0.1) is 26.2 Å². The smallest absolute Gasteiger partial charge is 0.216 e. The summed E-state index contributed by atoms with van der Waals surface area (Å²) >= 11 is 5.92. The number of allylic oxidation sites excluding steroid dienone is 1. The van der Waals surface area contributed by atoms with Gasteiger partial charge in [-0.25, -0.2) is 0 Å². The molecule has 0 saturated carbocycles. The van der Waals surface area contributed by atoms with Crippen molar-refractivity contribution in [3.63, 3.8) is 0 Å². The van der Waals surface area contributed by atoms with Crippen molar-refractivity contribution in [1.29, 1.82) is 0 Å². The number of alkyl halides is 1. The first-order valence-corrected chi connectivity index (χ1v) is 6.12. The van der Waals surface area contributed by atoms with E-state index in [0.717, 1.165) is 38.6 Å². The van der Waals surface area contributed by atoms with Crippen molar-refractivity contribution >= 4 is 17.8 Å². The molecule has 3 aliphatic rings. The van der Waals surface area contributed by atoms with Crippen molar-refractivity contribution in [2.75, 3.05) is 32.8 Å². The number of epoxide rings is 1. The highest BCUT2D eigenvalue weighted by molar-refractivity contribution is 6.20. The van der Waals surface area contributed by atoms with E-state index >= 15 is 0 Å². The second-order valence-corrected chi connectivity index (χ2v) is 4.71. The van der Waals surface area contributed by atoms with Crippen LogP contribution in [0.4, 0.5) is 0 Å². The number of hydrogen-bond acceptors (Lipinski definition) is 4. The topological polar surface area (TPSA) is 44.6 Å². The predicted molar refractivity (Wildman–Crippen MR) is 61.4 cm³/mol. The molecule has 2 saturated heterocycles. The summed E-state index contributed by atoms with van der Waals surface area (Å²) in [6.45, 7) is 5.30. The van der Waals surface area contributed by atoms with Crippen LogP contribution < -0.4 is 10.2 Å².